The zero-order valence-electron chi connectivity index (χ0n) is 20.7. The Labute approximate surface area is 222 Å². The van der Waals surface area contributed by atoms with Gasteiger partial charge in [-0.2, -0.15) is 18.2 Å². The first-order valence-corrected chi connectivity index (χ1v) is 13.5. The van der Waals surface area contributed by atoms with Crippen LogP contribution in [0.4, 0.5) is 19.1 Å². The molecule has 2 aromatic carbocycles. The van der Waals surface area contributed by atoms with E-state index in [1.807, 2.05) is 13.0 Å². The van der Waals surface area contributed by atoms with Crippen LogP contribution in [0.3, 0.4) is 0 Å². The minimum absolute atomic E-state index is 0.0645. The van der Waals surface area contributed by atoms with E-state index in [1.54, 1.807) is 48.5 Å². The number of anilines is 1. The number of rotatable bonds is 8. The Kier molecular flexibility index (Phi) is 7.28. The standard InChI is InChI=1S/C26H24F3N5O4S/c1-17(20-8-10-23(30-14-20)37-16-26(27,28)29)34-12-11-18-7-9-22(13-21(18)15-34)39(35,36)33-25-31-24(38-32-25)19-5-3-2-4-6-19/h2-10,13-14,17H,11-12,15-16H2,1H3,(H,32,33)/t17-/m1/s1. The Balaban J connectivity index is 1.27. The Morgan fingerprint density at radius 2 is 1.90 bits per heavy atom. The summed E-state index contributed by atoms with van der Waals surface area (Å²) in [4.78, 5) is 10.3. The van der Waals surface area contributed by atoms with Gasteiger partial charge in [-0.25, -0.2) is 18.1 Å². The Morgan fingerprint density at radius 3 is 2.62 bits per heavy atom. The smallest absolute Gasteiger partial charge is 0.422 e. The number of nitrogens with zero attached hydrogens (tertiary/aromatic N) is 4. The van der Waals surface area contributed by atoms with E-state index < -0.39 is 22.8 Å². The lowest BCUT2D eigenvalue weighted by molar-refractivity contribution is -0.154. The summed E-state index contributed by atoms with van der Waals surface area (Å²) in [5.74, 6) is -0.0816. The molecule has 3 heterocycles. The number of sulfonamides is 1. The van der Waals surface area contributed by atoms with Gasteiger partial charge in [-0.1, -0.05) is 30.3 Å². The van der Waals surface area contributed by atoms with Crippen molar-refractivity contribution in [3.8, 4) is 17.3 Å². The van der Waals surface area contributed by atoms with Crippen LogP contribution in [0.2, 0.25) is 0 Å². The lowest BCUT2D eigenvalue weighted by Gasteiger charge is -2.34. The van der Waals surface area contributed by atoms with Crippen LogP contribution in [-0.4, -0.2) is 47.8 Å². The fourth-order valence-electron chi connectivity index (χ4n) is 4.29. The molecule has 0 fully saturated rings. The third-order valence-corrected chi connectivity index (χ3v) is 7.70. The van der Waals surface area contributed by atoms with Gasteiger partial charge < -0.3 is 9.26 Å². The molecule has 2 aromatic heterocycles. The molecule has 1 aliphatic heterocycles. The topological polar surface area (TPSA) is 110 Å². The Bertz CT molecular complexity index is 1540. The molecule has 204 valence electrons. The molecule has 13 heteroatoms. The summed E-state index contributed by atoms with van der Waals surface area (Å²) < 4.78 is 75.5. The van der Waals surface area contributed by atoms with Crippen LogP contribution in [0, 0.1) is 0 Å². The van der Waals surface area contributed by atoms with Gasteiger partial charge in [0.15, 0.2) is 6.61 Å². The minimum atomic E-state index is -4.44. The number of halogens is 3. The van der Waals surface area contributed by atoms with Crippen LogP contribution in [0.15, 0.2) is 76.3 Å². The maximum absolute atomic E-state index is 13.1. The van der Waals surface area contributed by atoms with Crippen molar-refractivity contribution in [1.29, 1.82) is 0 Å². The first-order valence-electron chi connectivity index (χ1n) is 12.0. The second kappa shape index (κ2) is 10.7. The molecule has 9 nitrogen and oxygen atoms in total. The number of nitrogens with one attached hydrogen (secondary N) is 1. The van der Waals surface area contributed by atoms with E-state index in [9.17, 15) is 21.6 Å². The van der Waals surface area contributed by atoms with Crippen LogP contribution in [0.5, 0.6) is 5.88 Å². The van der Waals surface area contributed by atoms with E-state index in [0.29, 0.717) is 18.5 Å². The zero-order valence-corrected chi connectivity index (χ0v) is 21.5. The van der Waals surface area contributed by atoms with Crippen LogP contribution >= 0.6 is 0 Å². The SMILES string of the molecule is C[C@H](c1ccc(OCC(F)(F)F)nc1)N1CCc2ccc(S(=O)(=O)Nc3noc(-c4ccccc4)n3)cc2C1. The molecule has 0 saturated heterocycles. The number of aromatic nitrogens is 3. The van der Waals surface area contributed by atoms with E-state index in [2.05, 4.69) is 29.5 Å². The van der Waals surface area contributed by atoms with E-state index >= 15 is 0 Å². The molecular weight excluding hydrogens is 535 g/mol. The number of ether oxygens (including phenoxy) is 1. The molecule has 4 aromatic rings. The van der Waals surface area contributed by atoms with Crippen molar-refractivity contribution in [3.05, 3.63) is 83.6 Å². The van der Waals surface area contributed by atoms with Crippen molar-refractivity contribution in [3.63, 3.8) is 0 Å². The molecule has 0 amide bonds. The van der Waals surface area contributed by atoms with Gasteiger partial charge in [0.25, 0.3) is 21.9 Å². The monoisotopic (exact) mass is 559 g/mol. The number of hydrogen-bond donors (Lipinski definition) is 1. The lowest BCUT2D eigenvalue weighted by atomic mass is 9.97. The number of benzene rings is 2. The molecule has 0 bridgehead atoms. The van der Waals surface area contributed by atoms with Gasteiger partial charge >= 0.3 is 6.18 Å². The molecule has 0 radical (unpaired) electrons. The fourth-order valence-corrected chi connectivity index (χ4v) is 5.27. The lowest BCUT2D eigenvalue weighted by Crippen LogP contribution is -2.33. The highest BCUT2D eigenvalue weighted by Crippen LogP contribution is 2.30. The highest BCUT2D eigenvalue weighted by Gasteiger charge is 2.29. The van der Waals surface area contributed by atoms with Gasteiger partial charge in [0.2, 0.25) is 5.88 Å². The summed E-state index contributed by atoms with van der Waals surface area (Å²) in [5.41, 5.74) is 3.36. The number of alkyl halides is 3. The van der Waals surface area contributed by atoms with Gasteiger partial charge in [-0.3, -0.25) is 4.90 Å². The van der Waals surface area contributed by atoms with Crippen LogP contribution < -0.4 is 9.46 Å². The van der Waals surface area contributed by atoms with Gasteiger partial charge in [-0.05, 0) is 59.5 Å². The summed E-state index contributed by atoms with van der Waals surface area (Å²) in [5, 5.41) is 3.73. The third-order valence-electron chi connectivity index (χ3n) is 6.38. The summed E-state index contributed by atoms with van der Waals surface area (Å²) in [6, 6.07) is 16.9. The van der Waals surface area contributed by atoms with Crippen molar-refractivity contribution in [1.82, 2.24) is 20.0 Å². The molecular formula is C26H24F3N5O4S. The zero-order chi connectivity index (χ0) is 27.6. The Morgan fingerprint density at radius 1 is 1.10 bits per heavy atom. The van der Waals surface area contributed by atoms with Gasteiger partial charge in [0, 0.05) is 37.0 Å². The average Bonchev–Trinajstić information content (AvgIpc) is 3.39. The van der Waals surface area contributed by atoms with Gasteiger partial charge in [0.1, 0.15) is 0 Å². The molecule has 0 unspecified atom stereocenters. The van der Waals surface area contributed by atoms with Crippen molar-refractivity contribution in [2.24, 2.45) is 0 Å². The molecule has 1 N–H and O–H groups in total. The van der Waals surface area contributed by atoms with E-state index in [-0.39, 0.29) is 28.7 Å². The molecule has 5 rings (SSSR count). The van der Waals surface area contributed by atoms with Crippen LogP contribution in [0.1, 0.15) is 29.7 Å². The van der Waals surface area contributed by atoms with E-state index in [4.69, 9.17) is 4.52 Å². The van der Waals surface area contributed by atoms with Gasteiger partial charge in [0.05, 0.1) is 4.90 Å². The maximum atomic E-state index is 13.1. The highest BCUT2D eigenvalue weighted by atomic mass is 32.2. The summed E-state index contributed by atoms with van der Waals surface area (Å²) >= 11 is 0. The van der Waals surface area contributed by atoms with Crippen LogP contribution in [0.25, 0.3) is 11.5 Å². The van der Waals surface area contributed by atoms with E-state index in [0.717, 1.165) is 23.2 Å². The third kappa shape index (κ3) is 6.37. The maximum Gasteiger partial charge on any atom is 0.422 e. The van der Waals surface area contributed by atoms with Crippen molar-refractivity contribution in [2.75, 3.05) is 17.9 Å². The fraction of sp³-hybridized carbons (Fsp3) is 0.269. The molecule has 0 saturated carbocycles. The second-order valence-corrected chi connectivity index (χ2v) is 10.7. The first kappa shape index (κ1) is 26.6. The van der Waals surface area contributed by atoms with E-state index in [1.165, 1.54) is 12.3 Å². The molecule has 1 aliphatic rings. The molecule has 1 atom stereocenters. The summed E-state index contributed by atoms with van der Waals surface area (Å²) in [6.07, 6.45) is -2.24. The second-order valence-electron chi connectivity index (χ2n) is 9.06. The van der Waals surface area contributed by atoms with Crippen molar-refractivity contribution in [2.45, 2.75) is 37.0 Å². The van der Waals surface area contributed by atoms with Crippen molar-refractivity contribution < 1.29 is 30.8 Å². The summed E-state index contributed by atoms with van der Waals surface area (Å²) in [6.45, 7) is 1.75. The Hall–Kier alpha value is -3.97. The molecule has 0 aliphatic carbocycles. The quantitative estimate of drug-likeness (QED) is 0.322. The largest absolute Gasteiger partial charge is 0.468 e. The van der Waals surface area contributed by atoms with Crippen molar-refractivity contribution >= 4 is 16.0 Å². The first-order chi connectivity index (χ1) is 18.6. The minimum Gasteiger partial charge on any atom is -0.468 e. The van der Waals surface area contributed by atoms with Crippen LogP contribution in [-0.2, 0) is 23.0 Å². The predicted molar refractivity (Wildman–Crippen MR) is 135 cm³/mol. The predicted octanol–water partition coefficient (Wildman–Crippen LogP) is 4.99. The normalized spacial score (nSPS) is 15.0. The van der Waals surface area contributed by atoms with Gasteiger partial charge in [-0.15, -0.1) is 0 Å². The number of fused-ring (bicyclic) bond motifs is 1. The molecule has 39 heavy (non-hydrogen) atoms. The molecule has 0 spiro atoms. The highest BCUT2D eigenvalue weighted by molar-refractivity contribution is 7.92. The number of pyridine rings is 1. The number of hydrogen-bond acceptors (Lipinski definition) is 8. The summed E-state index contributed by atoms with van der Waals surface area (Å²) in [7, 11) is -3.98. The average molecular weight is 560 g/mol.